The van der Waals surface area contributed by atoms with Gasteiger partial charge in [-0.1, -0.05) is 56.5 Å². The third-order valence-electron chi connectivity index (χ3n) is 5.38. The molecule has 0 amide bonds. The highest BCUT2D eigenvalue weighted by molar-refractivity contribution is 7.89. The van der Waals surface area contributed by atoms with Gasteiger partial charge in [-0.15, -0.1) is 0 Å². The molecule has 2 aromatic carbocycles. The van der Waals surface area contributed by atoms with Gasteiger partial charge in [0.1, 0.15) is 0 Å². The second-order valence-electron chi connectivity index (χ2n) is 8.34. The Balaban J connectivity index is 0.000000388. The highest BCUT2D eigenvalue weighted by atomic mass is 32.2. The Morgan fingerprint density at radius 2 is 1.56 bits per heavy atom. The van der Waals surface area contributed by atoms with E-state index in [2.05, 4.69) is 5.10 Å². The van der Waals surface area contributed by atoms with Crippen LogP contribution in [-0.2, 0) is 21.0 Å². The topological polar surface area (TPSA) is 115 Å². The van der Waals surface area contributed by atoms with Crippen molar-refractivity contribution in [3.05, 3.63) is 65.9 Å². The van der Waals surface area contributed by atoms with Crippen LogP contribution in [-0.4, -0.2) is 29.3 Å². The van der Waals surface area contributed by atoms with Crippen molar-refractivity contribution in [2.24, 2.45) is 11.1 Å². The lowest BCUT2D eigenvalue weighted by molar-refractivity contribution is -0.142. The summed E-state index contributed by atoms with van der Waals surface area (Å²) in [6.07, 6.45) is -1.02. The van der Waals surface area contributed by atoms with E-state index < -0.39 is 27.9 Å². The smallest absolute Gasteiger partial charge is 0.435 e. The molecule has 0 bridgehead atoms. The van der Waals surface area contributed by atoms with Gasteiger partial charge in [0.2, 0.25) is 10.0 Å². The summed E-state index contributed by atoms with van der Waals surface area (Å²) >= 11 is 0. The van der Waals surface area contributed by atoms with E-state index in [9.17, 15) is 26.4 Å². The lowest BCUT2D eigenvalue weighted by atomic mass is 9.99. The summed E-state index contributed by atoms with van der Waals surface area (Å²) in [6.45, 7) is 5.91. The van der Waals surface area contributed by atoms with Crippen LogP contribution < -0.4 is 5.14 Å². The molecule has 7 nitrogen and oxygen atoms in total. The first-order chi connectivity index (χ1) is 16.8. The Labute approximate surface area is 208 Å². The first-order valence-corrected chi connectivity index (χ1v) is 12.9. The fourth-order valence-electron chi connectivity index (χ4n) is 3.51. The van der Waals surface area contributed by atoms with Crippen molar-refractivity contribution in [2.45, 2.75) is 57.5 Å². The van der Waals surface area contributed by atoms with Crippen LogP contribution in [0.3, 0.4) is 0 Å². The third-order valence-corrected chi connectivity index (χ3v) is 6.31. The molecule has 0 aliphatic carbocycles. The van der Waals surface area contributed by atoms with Crippen LogP contribution in [0.2, 0.25) is 0 Å². The van der Waals surface area contributed by atoms with Gasteiger partial charge >= 0.3 is 12.1 Å². The van der Waals surface area contributed by atoms with Gasteiger partial charge in [0.25, 0.3) is 0 Å². The molecule has 1 heterocycles. The summed E-state index contributed by atoms with van der Waals surface area (Å²) in [5.74, 6) is -0.737. The van der Waals surface area contributed by atoms with Gasteiger partial charge in [-0.25, -0.2) is 18.2 Å². The molecule has 0 unspecified atom stereocenters. The average molecular weight is 526 g/mol. The fraction of sp³-hybridized carbons (Fsp3) is 0.360. The molecule has 0 aliphatic heterocycles. The molecule has 196 valence electrons. The van der Waals surface area contributed by atoms with E-state index in [1.807, 2.05) is 20.8 Å². The number of aromatic nitrogens is 2. The van der Waals surface area contributed by atoms with Crippen LogP contribution in [0.25, 0.3) is 16.9 Å². The number of halogens is 3. The van der Waals surface area contributed by atoms with Crippen LogP contribution in [0.1, 0.15) is 50.8 Å². The standard InChI is InChI=1S/C17H14F3N3O2S.C8H16O2/c1-11-2-4-12(5-3-11)15-10-16(17(18,19)20)22-23(15)13-6-8-14(9-7-13)26(21,24)25;1-3-5-7(6-4-2)8(9)10/h2-10H,1H3,(H2,21,24,25);7H,3-6H2,1-2H3,(H,9,10). The van der Waals surface area contributed by atoms with Crippen molar-refractivity contribution in [1.29, 1.82) is 0 Å². The van der Waals surface area contributed by atoms with Crippen LogP contribution in [0.15, 0.2) is 59.5 Å². The Hall–Kier alpha value is -3.18. The third kappa shape index (κ3) is 7.92. The van der Waals surface area contributed by atoms with E-state index in [0.717, 1.165) is 42.0 Å². The number of nitrogens with zero attached hydrogens (tertiary/aromatic N) is 2. The molecule has 0 saturated heterocycles. The maximum atomic E-state index is 13.1. The molecule has 0 spiro atoms. The van der Waals surface area contributed by atoms with Gasteiger partial charge in [0.15, 0.2) is 5.69 Å². The quantitative estimate of drug-likeness (QED) is 0.386. The lowest BCUT2D eigenvalue weighted by Gasteiger charge is -2.09. The summed E-state index contributed by atoms with van der Waals surface area (Å²) in [4.78, 5) is 10.3. The molecule has 11 heteroatoms. The van der Waals surface area contributed by atoms with Crippen molar-refractivity contribution >= 4 is 16.0 Å². The maximum Gasteiger partial charge on any atom is 0.435 e. The molecule has 0 atom stereocenters. The molecular formula is C25H30F3N3O4S. The van der Waals surface area contributed by atoms with Gasteiger partial charge in [-0.3, -0.25) is 4.79 Å². The Morgan fingerprint density at radius 1 is 1.03 bits per heavy atom. The number of hydrogen-bond donors (Lipinski definition) is 2. The minimum atomic E-state index is -4.61. The molecule has 3 rings (SSSR count). The SMILES string of the molecule is CCCC(CCC)C(=O)O.Cc1ccc(-c2cc(C(F)(F)F)nn2-c2ccc(S(N)(=O)=O)cc2)cc1. The Morgan fingerprint density at radius 3 is 1.97 bits per heavy atom. The number of primary sulfonamides is 1. The number of benzene rings is 2. The van der Waals surface area contributed by atoms with Crippen molar-refractivity contribution in [3.63, 3.8) is 0 Å². The molecular weight excluding hydrogens is 495 g/mol. The number of sulfonamides is 1. The van der Waals surface area contributed by atoms with E-state index in [-0.39, 0.29) is 22.2 Å². The summed E-state index contributed by atoms with van der Waals surface area (Å²) in [7, 11) is -3.90. The monoisotopic (exact) mass is 525 g/mol. The fourth-order valence-corrected chi connectivity index (χ4v) is 4.03. The normalized spacial score (nSPS) is 11.8. The molecule has 0 aliphatic rings. The van der Waals surface area contributed by atoms with E-state index in [0.29, 0.717) is 5.56 Å². The molecule has 1 aromatic heterocycles. The number of nitrogens with two attached hydrogens (primary N) is 1. The first-order valence-electron chi connectivity index (χ1n) is 11.4. The van der Waals surface area contributed by atoms with Crippen molar-refractivity contribution < 1.29 is 31.5 Å². The van der Waals surface area contributed by atoms with Crippen molar-refractivity contribution in [1.82, 2.24) is 9.78 Å². The van der Waals surface area contributed by atoms with E-state index in [4.69, 9.17) is 10.2 Å². The number of aryl methyl sites for hydroxylation is 1. The van der Waals surface area contributed by atoms with Gasteiger partial charge in [0, 0.05) is 5.56 Å². The predicted molar refractivity (Wildman–Crippen MR) is 131 cm³/mol. The highest BCUT2D eigenvalue weighted by Gasteiger charge is 2.35. The summed E-state index contributed by atoms with van der Waals surface area (Å²) in [5, 5.41) is 17.3. The zero-order valence-corrected chi connectivity index (χ0v) is 21.1. The minimum absolute atomic E-state index is 0.102. The number of hydrogen-bond acceptors (Lipinski definition) is 4. The van der Waals surface area contributed by atoms with Gasteiger partial charge in [-0.2, -0.15) is 18.3 Å². The molecule has 36 heavy (non-hydrogen) atoms. The number of carbonyl (C=O) groups is 1. The molecule has 3 N–H and O–H groups in total. The van der Waals surface area contributed by atoms with Crippen molar-refractivity contribution in [3.8, 4) is 16.9 Å². The predicted octanol–water partition coefficient (Wildman–Crippen LogP) is 5.80. The second kappa shape index (κ2) is 12.2. The summed E-state index contributed by atoms with van der Waals surface area (Å²) in [5.41, 5.74) is 0.996. The van der Waals surface area contributed by atoms with E-state index in [1.54, 1.807) is 24.3 Å². The number of alkyl halides is 3. The maximum absolute atomic E-state index is 13.1. The average Bonchev–Trinajstić information content (AvgIpc) is 3.25. The number of aliphatic carboxylic acids is 1. The Kier molecular flexibility index (Phi) is 9.83. The summed E-state index contributed by atoms with van der Waals surface area (Å²) < 4.78 is 63.2. The molecule has 0 fully saturated rings. The minimum Gasteiger partial charge on any atom is -0.481 e. The van der Waals surface area contributed by atoms with Crippen LogP contribution in [0.5, 0.6) is 0 Å². The first kappa shape index (κ1) is 29.1. The number of carboxylic acids is 1. The molecule has 0 saturated carbocycles. The zero-order valence-electron chi connectivity index (χ0n) is 20.3. The number of rotatable bonds is 8. The second-order valence-corrected chi connectivity index (χ2v) is 9.90. The van der Waals surface area contributed by atoms with Crippen LogP contribution >= 0.6 is 0 Å². The molecule has 3 aromatic rings. The highest BCUT2D eigenvalue weighted by Crippen LogP contribution is 2.33. The van der Waals surface area contributed by atoms with Gasteiger partial charge in [0.05, 0.1) is 22.2 Å². The van der Waals surface area contributed by atoms with Crippen LogP contribution in [0.4, 0.5) is 13.2 Å². The Bertz CT molecular complexity index is 1250. The van der Waals surface area contributed by atoms with Gasteiger partial charge < -0.3 is 5.11 Å². The van der Waals surface area contributed by atoms with E-state index in [1.165, 1.54) is 24.3 Å². The zero-order chi connectivity index (χ0) is 27.1. The number of carboxylic acid groups (broad SMARTS) is 1. The van der Waals surface area contributed by atoms with Crippen LogP contribution in [0, 0.1) is 12.8 Å². The van der Waals surface area contributed by atoms with Gasteiger partial charge in [-0.05, 0) is 50.1 Å². The lowest BCUT2D eigenvalue weighted by Crippen LogP contribution is -2.12. The molecule has 0 radical (unpaired) electrons. The van der Waals surface area contributed by atoms with Crippen molar-refractivity contribution in [2.75, 3.05) is 0 Å². The summed E-state index contributed by atoms with van der Waals surface area (Å²) in [6, 6.07) is 13.1. The largest absolute Gasteiger partial charge is 0.481 e. The van der Waals surface area contributed by atoms with E-state index >= 15 is 0 Å².